The van der Waals surface area contributed by atoms with Gasteiger partial charge in [0, 0.05) is 23.6 Å². The number of H-pyrrole nitrogens is 1. The van der Waals surface area contributed by atoms with Gasteiger partial charge in [-0.2, -0.15) is 18.3 Å². The minimum atomic E-state index is -4.46. The standard InChI is InChI=1S/C21H19F3N2O3/c1-13-18(12-25-26-13)17(8-9-27)14-6-7-19(20(10-14)28-2)29-16-5-3-4-15(11-16)21(22,23)24/h3-7,9-12,17H,8H2,1-2H3,(H,25,26). The van der Waals surface area contributed by atoms with Gasteiger partial charge in [0.25, 0.3) is 0 Å². The average molecular weight is 404 g/mol. The number of nitrogens with zero attached hydrogens (tertiary/aromatic N) is 1. The number of carbonyl (C=O) groups is 1. The smallest absolute Gasteiger partial charge is 0.416 e. The monoisotopic (exact) mass is 404 g/mol. The van der Waals surface area contributed by atoms with Gasteiger partial charge in [-0.25, -0.2) is 0 Å². The van der Waals surface area contributed by atoms with Gasteiger partial charge in [-0.05, 0) is 42.8 Å². The van der Waals surface area contributed by atoms with Gasteiger partial charge in [0.15, 0.2) is 11.5 Å². The molecule has 1 atom stereocenters. The number of hydrogen-bond acceptors (Lipinski definition) is 4. The molecular weight excluding hydrogens is 385 g/mol. The molecule has 0 spiro atoms. The number of hydrogen-bond donors (Lipinski definition) is 1. The first kappa shape index (κ1) is 20.4. The fraction of sp³-hybridized carbons (Fsp3) is 0.238. The number of aromatic amines is 1. The van der Waals surface area contributed by atoms with Crippen LogP contribution in [-0.2, 0) is 11.0 Å². The van der Waals surface area contributed by atoms with E-state index in [0.717, 1.165) is 35.2 Å². The maximum Gasteiger partial charge on any atom is 0.416 e. The van der Waals surface area contributed by atoms with Crippen LogP contribution in [0.25, 0.3) is 0 Å². The maximum atomic E-state index is 12.9. The summed E-state index contributed by atoms with van der Waals surface area (Å²) in [5.74, 6) is 0.421. The SMILES string of the molecule is COc1cc(C(CC=O)c2cn[nH]c2C)ccc1Oc1cccc(C(F)(F)F)c1. The highest BCUT2D eigenvalue weighted by Crippen LogP contribution is 2.38. The second-order valence-electron chi connectivity index (χ2n) is 6.44. The summed E-state index contributed by atoms with van der Waals surface area (Å²) in [5, 5.41) is 6.86. The number of carbonyl (C=O) groups excluding carboxylic acids is 1. The van der Waals surface area contributed by atoms with Crippen LogP contribution >= 0.6 is 0 Å². The Morgan fingerprint density at radius 1 is 1.17 bits per heavy atom. The van der Waals surface area contributed by atoms with Gasteiger partial charge in [0.2, 0.25) is 0 Å². The third-order valence-corrected chi connectivity index (χ3v) is 4.56. The van der Waals surface area contributed by atoms with Crippen LogP contribution in [0.15, 0.2) is 48.7 Å². The third kappa shape index (κ3) is 4.59. The van der Waals surface area contributed by atoms with Crippen molar-refractivity contribution in [1.29, 1.82) is 0 Å². The van der Waals surface area contributed by atoms with E-state index in [1.807, 2.05) is 6.92 Å². The fourth-order valence-corrected chi connectivity index (χ4v) is 3.10. The van der Waals surface area contributed by atoms with E-state index in [4.69, 9.17) is 9.47 Å². The van der Waals surface area contributed by atoms with Gasteiger partial charge in [0.1, 0.15) is 12.0 Å². The zero-order valence-electron chi connectivity index (χ0n) is 15.8. The van der Waals surface area contributed by atoms with Crippen molar-refractivity contribution in [2.75, 3.05) is 7.11 Å². The second kappa shape index (κ2) is 8.38. The van der Waals surface area contributed by atoms with Crippen LogP contribution in [0.1, 0.15) is 34.7 Å². The Labute approximate surface area is 165 Å². The number of ether oxygens (including phenoxy) is 2. The third-order valence-electron chi connectivity index (χ3n) is 4.56. The minimum absolute atomic E-state index is 0.0426. The molecule has 0 aliphatic carbocycles. The summed E-state index contributed by atoms with van der Waals surface area (Å²) in [6, 6.07) is 9.70. The number of aldehydes is 1. The second-order valence-corrected chi connectivity index (χ2v) is 6.44. The predicted octanol–water partition coefficient (Wildman–Crippen LogP) is 5.26. The molecule has 0 saturated carbocycles. The summed E-state index contributed by atoms with van der Waals surface area (Å²) in [6.45, 7) is 1.86. The van der Waals surface area contributed by atoms with Gasteiger partial charge in [-0.1, -0.05) is 12.1 Å². The van der Waals surface area contributed by atoms with Gasteiger partial charge < -0.3 is 14.3 Å². The lowest BCUT2D eigenvalue weighted by Crippen LogP contribution is -2.05. The number of halogens is 3. The van der Waals surface area contributed by atoms with Crippen molar-refractivity contribution in [3.05, 3.63) is 71.0 Å². The number of aryl methyl sites for hydroxylation is 1. The van der Waals surface area contributed by atoms with E-state index in [1.54, 1.807) is 24.4 Å². The lowest BCUT2D eigenvalue weighted by molar-refractivity contribution is -0.137. The molecule has 0 aliphatic heterocycles. The van der Waals surface area contributed by atoms with Gasteiger partial charge in [-0.15, -0.1) is 0 Å². The molecule has 2 aromatic carbocycles. The Hall–Kier alpha value is -3.29. The first-order chi connectivity index (χ1) is 13.8. The van der Waals surface area contributed by atoms with Gasteiger partial charge in [0.05, 0.1) is 18.9 Å². The molecule has 152 valence electrons. The normalized spacial score (nSPS) is 12.4. The van der Waals surface area contributed by atoms with Crippen molar-refractivity contribution in [2.45, 2.75) is 25.4 Å². The molecule has 1 unspecified atom stereocenters. The first-order valence-electron chi connectivity index (χ1n) is 8.80. The summed E-state index contributed by atoms with van der Waals surface area (Å²) in [7, 11) is 1.44. The molecule has 0 amide bonds. The molecule has 3 aromatic rings. The fourth-order valence-electron chi connectivity index (χ4n) is 3.10. The van der Waals surface area contributed by atoms with E-state index in [2.05, 4.69) is 10.2 Å². The average Bonchev–Trinajstić information content (AvgIpc) is 3.11. The van der Waals surface area contributed by atoms with Gasteiger partial charge >= 0.3 is 6.18 Å². The van der Waals surface area contributed by atoms with Crippen LogP contribution in [-0.4, -0.2) is 23.6 Å². The van der Waals surface area contributed by atoms with Crippen LogP contribution in [0, 0.1) is 6.92 Å². The van der Waals surface area contributed by atoms with E-state index in [0.29, 0.717) is 5.75 Å². The molecule has 0 aliphatic rings. The Balaban J connectivity index is 1.93. The molecule has 29 heavy (non-hydrogen) atoms. The highest BCUT2D eigenvalue weighted by atomic mass is 19.4. The molecule has 3 rings (SSSR count). The number of rotatable bonds is 7. The molecule has 1 aromatic heterocycles. The summed E-state index contributed by atoms with van der Waals surface area (Å²) in [4.78, 5) is 11.2. The zero-order chi connectivity index (χ0) is 21.0. The van der Waals surface area contributed by atoms with Crippen LogP contribution in [0.3, 0.4) is 0 Å². The van der Waals surface area contributed by atoms with Crippen LogP contribution in [0.5, 0.6) is 17.2 Å². The highest BCUT2D eigenvalue weighted by molar-refractivity contribution is 5.56. The first-order valence-corrected chi connectivity index (χ1v) is 8.80. The predicted molar refractivity (Wildman–Crippen MR) is 100 cm³/mol. The Morgan fingerprint density at radius 2 is 1.97 bits per heavy atom. The Morgan fingerprint density at radius 3 is 2.59 bits per heavy atom. The summed E-state index contributed by atoms with van der Waals surface area (Å²) < 4.78 is 49.8. The molecule has 1 heterocycles. The number of benzene rings is 2. The van der Waals surface area contributed by atoms with Crippen LogP contribution in [0.2, 0.25) is 0 Å². The Kier molecular flexibility index (Phi) is 5.91. The van der Waals surface area contributed by atoms with E-state index in [1.165, 1.54) is 19.2 Å². The van der Waals surface area contributed by atoms with Crippen LogP contribution < -0.4 is 9.47 Å². The molecule has 8 heteroatoms. The topological polar surface area (TPSA) is 64.2 Å². The largest absolute Gasteiger partial charge is 0.493 e. The number of aromatic nitrogens is 2. The van der Waals surface area contributed by atoms with Crippen molar-refractivity contribution in [1.82, 2.24) is 10.2 Å². The minimum Gasteiger partial charge on any atom is -0.493 e. The highest BCUT2D eigenvalue weighted by Gasteiger charge is 2.30. The van der Waals surface area contributed by atoms with E-state index >= 15 is 0 Å². The molecule has 0 fully saturated rings. The zero-order valence-corrected chi connectivity index (χ0v) is 15.8. The number of nitrogens with one attached hydrogen (secondary N) is 1. The molecule has 5 nitrogen and oxygen atoms in total. The molecular formula is C21H19F3N2O3. The molecule has 1 N–H and O–H groups in total. The van der Waals surface area contributed by atoms with E-state index < -0.39 is 11.7 Å². The lowest BCUT2D eigenvalue weighted by Gasteiger charge is -2.18. The number of alkyl halides is 3. The van der Waals surface area contributed by atoms with Crippen molar-refractivity contribution < 1.29 is 27.4 Å². The van der Waals surface area contributed by atoms with E-state index in [9.17, 15) is 18.0 Å². The Bertz CT molecular complexity index is 999. The van der Waals surface area contributed by atoms with Gasteiger partial charge in [-0.3, -0.25) is 5.10 Å². The van der Waals surface area contributed by atoms with Crippen molar-refractivity contribution >= 4 is 6.29 Å². The quantitative estimate of drug-likeness (QED) is 0.546. The maximum absolute atomic E-state index is 12.9. The summed E-state index contributed by atoms with van der Waals surface area (Å²) >= 11 is 0. The van der Waals surface area contributed by atoms with Crippen LogP contribution in [0.4, 0.5) is 13.2 Å². The number of methoxy groups -OCH3 is 1. The summed E-state index contributed by atoms with van der Waals surface area (Å²) in [5.41, 5.74) is 1.73. The molecule has 0 bridgehead atoms. The van der Waals surface area contributed by atoms with Crippen molar-refractivity contribution in [3.63, 3.8) is 0 Å². The summed E-state index contributed by atoms with van der Waals surface area (Å²) in [6.07, 6.45) is -1.71. The lowest BCUT2D eigenvalue weighted by atomic mass is 9.89. The van der Waals surface area contributed by atoms with Crippen molar-refractivity contribution in [2.24, 2.45) is 0 Å². The molecule has 0 radical (unpaired) electrons. The molecule has 0 saturated heterocycles. The van der Waals surface area contributed by atoms with E-state index in [-0.39, 0.29) is 23.8 Å². The van der Waals surface area contributed by atoms with Crippen molar-refractivity contribution in [3.8, 4) is 17.2 Å².